The van der Waals surface area contributed by atoms with Gasteiger partial charge in [0.1, 0.15) is 28.9 Å². The molecule has 0 N–H and O–H groups in total. The smallest absolute Gasteiger partial charge is 0.494 e. The molecule has 1 nitrogen and oxygen atoms in total. The first-order valence-electron chi connectivity index (χ1n) is 12.0. The molecule has 0 spiro atoms. The van der Waals surface area contributed by atoms with E-state index in [9.17, 15) is 17.3 Å². The van der Waals surface area contributed by atoms with Gasteiger partial charge in [-0.25, -0.2) is 0 Å². The fraction of sp³-hybridized carbons (Fsp3) is 0.172. The lowest BCUT2D eigenvalue weighted by Gasteiger charge is -2.28. The first-order valence-corrected chi connectivity index (χ1v) is 13.9. The lowest BCUT2D eigenvalue weighted by molar-refractivity contribution is 0.309. The van der Waals surface area contributed by atoms with Gasteiger partial charge in [-0.1, -0.05) is 80.1 Å². The molecule has 0 fully saturated rings. The van der Waals surface area contributed by atoms with Crippen LogP contribution >= 0.6 is 7.26 Å². The molecule has 4 aromatic carbocycles. The number of unbranched alkanes of at least 4 members (excludes halogenated alkanes) is 1. The Hall–Kier alpha value is -3.11. The van der Waals surface area contributed by atoms with Gasteiger partial charge < -0.3 is 22.0 Å². The van der Waals surface area contributed by atoms with Gasteiger partial charge >= 0.3 is 7.25 Å². The third kappa shape index (κ3) is 7.96. The Morgan fingerprint density at radius 1 is 0.611 bits per heavy atom. The van der Waals surface area contributed by atoms with Gasteiger partial charge in [0.2, 0.25) is 0 Å². The van der Waals surface area contributed by atoms with E-state index >= 15 is 0 Å². The van der Waals surface area contributed by atoms with Crippen LogP contribution in [0.4, 0.5) is 17.3 Å². The van der Waals surface area contributed by atoms with Gasteiger partial charge in [0.15, 0.2) is 0 Å². The maximum absolute atomic E-state index is 9.75. The Balaban J connectivity index is 0.000000658. The van der Waals surface area contributed by atoms with Gasteiger partial charge in [-0.3, -0.25) is 0 Å². The maximum atomic E-state index is 9.75. The summed E-state index contributed by atoms with van der Waals surface area (Å²) in [5.74, 6) is 0.959. The van der Waals surface area contributed by atoms with Crippen molar-refractivity contribution in [3.8, 4) is 5.75 Å². The van der Waals surface area contributed by atoms with Crippen molar-refractivity contribution < 1.29 is 22.0 Å². The van der Waals surface area contributed by atoms with Crippen LogP contribution in [0.2, 0.25) is 0 Å². The molecule has 7 heteroatoms. The van der Waals surface area contributed by atoms with Crippen LogP contribution in [0.1, 0.15) is 25.3 Å². The number of rotatable bonds is 9. The topological polar surface area (TPSA) is 9.23 Å². The summed E-state index contributed by atoms with van der Waals surface area (Å²) in [5, 5.41) is 4.24. The first-order chi connectivity index (χ1) is 17.3. The molecule has 0 amide bonds. The predicted molar refractivity (Wildman–Crippen MR) is 146 cm³/mol. The number of benzene rings is 4. The molecule has 0 atom stereocenters. The highest BCUT2D eigenvalue weighted by molar-refractivity contribution is 7.95. The monoisotopic (exact) mass is 512 g/mol. The highest BCUT2D eigenvalue weighted by Gasteiger charge is 2.45. The fourth-order valence-electron chi connectivity index (χ4n) is 4.07. The van der Waals surface area contributed by atoms with Crippen molar-refractivity contribution in [2.24, 2.45) is 0 Å². The summed E-state index contributed by atoms with van der Waals surface area (Å²) in [7, 11) is -7.86. The molecule has 0 aliphatic carbocycles. The predicted octanol–water partition coefficient (Wildman–Crippen LogP) is 7.66. The van der Waals surface area contributed by atoms with E-state index in [1.165, 1.54) is 21.5 Å². The Labute approximate surface area is 211 Å². The summed E-state index contributed by atoms with van der Waals surface area (Å²) in [6, 6.07) is 41.9. The van der Waals surface area contributed by atoms with Crippen molar-refractivity contribution in [2.75, 3.05) is 6.61 Å². The number of halogens is 4. The zero-order chi connectivity index (χ0) is 25.9. The molecular formula is C29H30BF4OP. The van der Waals surface area contributed by atoms with Gasteiger partial charge in [0.05, 0.1) is 12.8 Å². The first kappa shape index (κ1) is 27.5. The molecule has 188 valence electrons. The third-order valence-corrected chi connectivity index (χ3v) is 10.1. The van der Waals surface area contributed by atoms with E-state index < -0.39 is 14.5 Å². The molecule has 0 saturated carbocycles. The summed E-state index contributed by atoms with van der Waals surface area (Å²) in [5.41, 5.74) is 1.34. The second kappa shape index (κ2) is 13.3. The molecule has 36 heavy (non-hydrogen) atoms. The van der Waals surface area contributed by atoms with Crippen molar-refractivity contribution in [1.82, 2.24) is 0 Å². The Morgan fingerprint density at radius 2 is 1.00 bits per heavy atom. The third-order valence-electron chi connectivity index (χ3n) is 5.70. The van der Waals surface area contributed by atoms with Crippen LogP contribution in [0.5, 0.6) is 5.75 Å². The van der Waals surface area contributed by atoms with E-state index in [1.807, 2.05) is 0 Å². The van der Waals surface area contributed by atoms with Gasteiger partial charge in [-0.2, -0.15) is 0 Å². The number of hydrogen-bond acceptors (Lipinski definition) is 1. The lowest BCUT2D eigenvalue weighted by atomic mass is 10.2. The van der Waals surface area contributed by atoms with Crippen LogP contribution < -0.4 is 20.7 Å². The van der Waals surface area contributed by atoms with Gasteiger partial charge in [-0.05, 0) is 60.5 Å². The molecule has 0 saturated heterocycles. The maximum Gasteiger partial charge on any atom is 0.673 e. The molecule has 0 aliphatic heterocycles. The summed E-state index contributed by atoms with van der Waals surface area (Å²) in [6.45, 7) is 2.97. The van der Waals surface area contributed by atoms with Gasteiger partial charge in [-0.15, -0.1) is 0 Å². The van der Waals surface area contributed by atoms with Crippen LogP contribution in [-0.4, -0.2) is 13.9 Å². The van der Waals surface area contributed by atoms with Crippen molar-refractivity contribution in [1.29, 1.82) is 0 Å². The summed E-state index contributed by atoms with van der Waals surface area (Å²) >= 11 is 0. The van der Waals surface area contributed by atoms with E-state index in [4.69, 9.17) is 4.74 Å². The Kier molecular flexibility index (Phi) is 10.1. The zero-order valence-electron chi connectivity index (χ0n) is 20.2. The summed E-state index contributed by atoms with van der Waals surface area (Å²) in [6.07, 6.45) is 3.23. The van der Waals surface area contributed by atoms with Crippen LogP contribution in [0.25, 0.3) is 0 Å². The molecular weight excluding hydrogens is 482 g/mol. The largest absolute Gasteiger partial charge is 0.673 e. The molecule has 0 bridgehead atoms. The zero-order valence-corrected chi connectivity index (χ0v) is 21.1. The molecule has 0 heterocycles. The normalized spacial score (nSPS) is 11.4. The van der Waals surface area contributed by atoms with Crippen LogP contribution in [0.15, 0.2) is 115 Å². The molecule has 0 aromatic heterocycles. The molecule has 0 radical (unpaired) electrons. The van der Waals surface area contributed by atoms with E-state index in [1.54, 1.807) is 0 Å². The lowest BCUT2D eigenvalue weighted by Crippen LogP contribution is -2.32. The van der Waals surface area contributed by atoms with Crippen molar-refractivity contribution in [3.63, 3.8) is 0 Å². The van der Waals surface area contributed by atoms with Gasteiger partial charge in [0.25, 0.3) is 0 Å². The minimum absolute atomic E-state index is 0.783. The molecule has 4 aromatic rings. The Morgan fingerprint density at radius 3 is 1.36 bits per heavy atom. The van der Waals surface area contributed by atoms with E-state index in [0.29, 0.717) is 0 Å². The Bertz CT molecular complexity index is 1050. The van der Waals surface area contributed by atoms with Gasteiger partial charge in [0, 0.05) is 0 Å². The average Bonchev–Trinajstić information content (AvgIpc) is 2.89. The van der Waals surface area contributed by atoms with Crippen molar-refractivity contribution in [3.05, 3.63) is 121 Å². The van der Waals surface area contributed by atoms with Crippen LogP contribution in [-0.2, 0) is 6.16 Å². The van der Waals surface area contributed by atoms with E-state index in [2.05, 4.69) is 122 Å². The quantitative estimate of drug-likeness (QED) is 0.0969. The van der Waals surface area contributed by atoms with E-state index in [-0.39, 0.29) is 0 Å². The average molecular weight is 512 g/mol. The van der Waals surface area contributed by atoms with Crippen LogP contribution in [0.3, 0.4) is 0 Å². The molecule has 0 unspecified atom stereocenters. The van der Waals surface area contributed by atoms with Crippen LogP contribution in [0, 0.1) is 0 Å². The second-order valence-corrected chi connectivity index (χ2v) is 11.8. The minimum Gasteiger partial charge on any atom is -0.494 e. The van der Waals surface area contributed by atoms with E-state index in [0.717, 1.165) is 31.4 Å². The number of hydrogen-bond donors (Lipinski definition) is 0. The molecule has 4 rings (SSSR count). The molecule has 0 aliphatic rings. The number of ether oxygens (including phenoxy) is 1. The second-order valence-electron chi connectivity index (χ2n) is 8.32. The highest BCUT2D eigenvalue weighted by atomic mass is 31.2. The minimum atomic E-state index is -6.00. The summed E-state index contributed by atoms with van der Waals surface area (Å²) in [4.78, 5) is 0. The van der Waals surface area contributed by atoms with Crippen molar-refractivity contribution >= 4 is 30.4 Å². The SMILES string of the molecule is CCCCOc1ccc(C[P+](c2ccccc2)(c2ccccc2)c2ccccc2)cc1.F[B-](F)(F)F. The fourth-order valence-corrected chi connectivity index (χ4v) is 8.31. The van der Waals surface area contributed by atoms with Crippen molar-refractivity contribution in [2.45, 2.75) is 25.9 Å². The highest BCUT2D eigenvalue weighted by Crippen LogP contribution is 2.58. The standard InChI is InChI=1S/C29H30OP.BF4/c1-2-3-23-30-26-21-19-25(20-22-26)24-31(27-13-7-4-8-14-27,28-15-9-5-10-16-28)29-17-11-6-12-18-29;2-1(3,4)5/h4-22H,2-3,23-24H2,1H3;/q+1;-1. The summed E-state index contributed by atoms with van der Waals surface area (Å²) < 4.78 is 44.9.